The minimum absolute atomic E-state index is 0.0278. The molecule has 172 valence electrons. The van der Waals surface area contributed by atoms with Crippen LogP contribution in [0, 0.1) is 6.92 Å². The van der Waals surface area contributed by atoms with Crippen molar-refractivity contribution in [3.05, 3.63) is 93.2 Å². The van der Waals surface area contributed by atoms with Crippen LogP contribution in [0.4, 0.5) is 5.13 Å². The summed E-state index contributed by atoms with van der Waals surface area (Å²) in [5.41, 5.74) is 1.20. The number of ketones is 1. The van der Waals surface area contributed by atoms with Gasteiger partial charge in [-0.1, -0.05) is 52.1 Å². The highest BCUT2D eigenvalue weighted by Crippen LogP contribution is 2.44. The molecule has 1 saturated heterocycles. The molecule has 1 unspecified atom stereocenters. The highest BCUT2D eigenvalue weighted by Gasteiger charge is 2.48. The molecule has 1 aliphatic heterocycles. The van der Waals surface area contributed by atoms with Crippen LogP contribution in [-0.2, 0) is 14.3 Å². The first-order valence-electron chi connectivity index (χ1n) is 10.1. The van der Waals surface area contributed by atoms with Crippen molar-refractivity contribution in [3.63, 3.8) is 0 Å². The number of aliphatic hydroxyl groups excluding tert-OH is 1. The lowest BCUT2D eigenvalue weighted by molar-refractivity contribution is -0.132. The summed E-state index contributed by atoms with van der Waals surface area (Å²) < 4.78 is 5.83. The van der Waals surface area contributed by atoms with E-state index in [1.807, 2.05) is 0 Å². The molecular weight excluding hydrogens is 522 g/mol. The van der Waals surface area contributed by atoms with Crippen LogP contribution in [0.25, 0.3) is 5.76 Å². The maximum absolute atomic E-state index is 13.2. The molecule has 0 bridgehead atoms. The lowest BCUT2D eigenvalue weighted by Gasteiger charge is -2.23. The van der Waals surface area contributed by atoms with E-state index in [-0.39, 0.29) is 27.9 Å². The largest absolute Gasteiger partial charge is 0.507 e. The first-order chi connectivity index (χ1) is 16.3. The highest BCUT2D eigenvalue weighted by molar-refractivity contribution is 9.10. The van der Waals surface area contributed by atoms with Crippen molar-refractivity contribution in [3.8, 4) is 0 Å². The van der Waals surface area contributed by atoms with Gasteiger partial charge in [0, 0.05) is 22.4 Å². The topological polar surface area (TPSA) is 110 Å². The van der Waals surface area contributed by atoms with Crippen LogP contribution in [0.3, 0.4) is 0 Å². The van der Waals surface area contributed by atoms with E-state index < -0.39 is 23.7 Å². The van der Waals surface area contributed by atoms with Crippen molar-refractivity contribution in [2.24, 2.45) is 0 Å². The minimum Gasteiger partial charge on any atom is -0.507 e. The summed E-state index contributed by atoms with van der Waals surface area (Å²) in [6.45, 7) is 5.16. The number of benzene rings is 1. The SMILES string of the molecule is C=CCOC(=O)c1sc(N2C(=O)C(=O)/C(=C(/O)c3ccncc3)C2c2cccc(Br)c2)nc1C. The van der Waals surface area contributed by atoms with E-state index in [1.54, 1.807) is 43.3 Å². The highest BCUT2D eigenvalue weighted by atomic mass is 79.9. The Kier molecular flexibility index (Phi) is 6.71. The zero-order chi connectivity index (χ0) is 24.4. The second-order valence-corrected chi connectivity index (χ2v) is 9.15. The average molecular weight is 540 g/mol. The third kappa shape index (κ3) is 4.29. The monoisotopic (exact) mass is 539 g/mol. The van der Waals surface area contributed by atoms with Crippen molar-refractivity contribution >= 4 is 55.8 Å². The predicted octanol–water partition coefficient (Wildman–Crippen LogP) is 4.58. The average Bonchev–Trinajstić information content (AvgIpc) is 3.34. The molecule has 4 rings (SSSR count). The molecule has 34 heavy (non-hydrogen) atoms. The number of aryl methyl sites for hydroxylation is 1. The zero-order valence-electron chi connectivity index (χ0n) is 17.9. The molecule has 0 radical (unpaired) electrons. The lowest BCUT2D eigenvalue weighted by Crippen LogP contribution is -2.29. The molecule has 1 fully saturated rings. The number of nitrogens with zero attached hydrogens (tertiary/aromatic N) is 3. The van der Waals surface area contributed by atoms with Crippen LogP contribution >= 0.6 is 27.3 Å². The Morgan fingerprint density at radius 1 is 1.29 bits per heavy atom. The van der Waals surface area contributed by atoms with Crippen LogP contribution in [0.1, 0.15) is 32.5 Å². The number of halogens is 1. The Balaban J connectivity index is 1.89. The fraction of sp³-hybridized carbons (Fsp3) is 0.125. The summed E-state index contributed by atoms with van der Waals surface area (Å²) in [5, 5.41) is 11.2. The molecular formula is C24H18BrN3O5S. The number of hydrogen-bond donors (Lipinski definition) is 1. The number of Topliss-reactive ketones (excluding diaryl/α,β-unsaturated/α-hetero) is 1. The number of carbonyl (C=O) groups is 3. The molecule has 0 spiro atoms. The van der Waals surface area contributed by atoms with Crippen LogP contribution in [0.2, 0.25) is 0 Å². The van der Waals surface area contributed by atoms with E-state index in [9.17, 15) is 19.5 Å². The second-order valence-electron chi connectivity index (χ2n) is 7.26. The van der Waals surface area contributed by atoms with E-state index in [1.165, 1.54) is 23.4 Å². The third-order valence-electron chi connectivity index (χ3n) is 5.07. The van der Waals surface area contributed by atoms with Gasteiger partial charge < -0.3 is 9.84 Å². The van der Waals surface area contributed by atoms with Gasteiger partial charge in [-0.2, -0.15) is 0 Å². The first kappa shape index (κ1) is 23.5. The van der Waals surface area contributed by atoms with E-state index in [0.29, 0.717) is 16.8 Å². The fourth-order valence-electron chi connectivity index (χ4n) is 3.56. The number of pyridine rings is 1. The van der Waals surface area contributed by atoms with E-state index in [2.05, 4.69) is 32.5 Å². The Morgan fingerprint density at radius 2 is 2.03 bits per heavy atom. The van der Waals surface area contributed by atoms with E-state index in [4.69, 9.17) is 4.74 Å². The molecule has 3 aromatic rings. The van der Waals surface area contributed by atoms with Gasteiger partial charge in [0.1, 0.15) is 17.2 Å². The Labute approximate surface area is 207 Å². The Morgan fingerprint density at radius 3 is 2.71 bits per heavy atom. The molecule has 2 aromatic heterocycles. The molecule has 0 saturated carbocycles. The van der Waals surface area contributed by atoms with Crippen molar-refractivity contribution < 1.29 is 24.2 Å². The number of carbonyl (C=O) groups excluding carboxylic acids is 3. The molecule has 8 nitrogen and oxygen atoms in total. The number of thiazole rings is 1. The minimum atomic E-state index is -0.965. The number of aromatic nitrogens is 2. The maximum Gasteiger partial charge on any atom is 0.350 e. The Bertz CT molecular complexity index is 1340. The Hall–Kier alpha value is -3.63. The molecule has 1 atom stereocenters. The molecule has 1 amide bonds. The van der Waals surface area contributed by atoms with Crippen molar-refractivity contribution in [2.45, 2.75) is 13.0 Å². The van der Waals surface area contributed by atoms with Gasteiger partial charge in [0.25, 0.3) is 5.78 Å². The summed E-state index contributed by atoms with van der Waals surface area (Å²) in [5.74, 6) is -2.65. The third-order valence-corrected chi connectivity index (χ3v) is 6.70. The van der Waals surface area contributed by atoms with Gasteiger partial charge in [-0.25, -0.2) is 9.78 Å². The number of rotatable bonds is 6. The van der Waals surface area contributed by atoms with Gasteiger partial charge in [-0.3, -0.25) is 19.5 Å². The summed E-state index contributed by atoms with van der Waals surface area (Å²) in [6, 6.07) is 9.19. The summed E-state index contributed by atoms with van der Waals surface area (Å²) in [4.78, 5) is 48.6. The normalized spacial score (nSPS) is 17.1. The summed E-state index contributed by atoms with van der Waals surface area (Å²) >= 11 is 4.36. The van der Waals surface area contributed by atoms with Crippen LogP contribution in [-0.4, -0.2) is 39.3 Å². The zero-order valence-corrected chi connectivity index (χ0v) is 20.3. The summed E-state index contributed by atoms with van der Waals surface area (Å²) in [7, 11) is 0. The molecule has 0 aliphatic carbocycles. The molecule has 10 heteroatoms. The number of amides is 1. The maximum atomic E-state index is 13.2. The quantitative estimate of drug-likeness (QED) is 0.160. The van der Waals surface area contributed by atoms with Gasteiger partial charge in [0.05, 0.1) is 17.3 Å². The van der Waals surface area contributed by atoms with Crippen molar-refractivity contribution in [2.75, 3.05) is 11.5 Å². The molecule has 1 aliphatic rings. The van der Waals surface area contributed by atoms with Gasteiger partial charge in [0.2, 0.25) is 0 Å². The number of aliphatic hydroxyl groups is 1. The van der Waals surface area contributed by atoms with Crippen molar-refractivity contribution in [1.82, 2.24) is 9.97 Å². The van der Waals surface area contributed by atoms with E-state index >= 15 is 0 Å². The number of ether oxygens (including phenoxy) is 1. The van der Waals surface area contributed by atoms with Gasteiger partial charge in [-0.05, 0) is 36.8 Å². The van der Waals surface area contributed by atoms with Crippen LogP contribution in [0.5, 0.6) is 0 Å². The summed E-state index contributed by atoms with van der Waals surface area (Å²) in [6.07, 6.45) is 4.40. The van der Waals surface area contributed by atoms with Crippen LogP contribution < -0.4 is 4.90 Å². The molecule has 1 aromatic carbocycles. The smallest absolute Gasteiger partial charge is 0.350 e. The van der Waals surface area contributed by atoms with Gasteiger partial charge >= 0.3 is 11.9 Å². The van der Waals surface area contributed by atoms with Gasteiger partial charge in [0.15, 0.2) is 5.13 Å². The van der Waals surface area contributed by atoms with Crippen LogP contribution in [0.15, 0.2) is 71.5 Å². The molecule has 1 N–H and O–H groups in total. The second kappa shape index (κ2) is 9.70. The number of hydrogen-bond acceptors (Lipinski definition) is 8. The molecule has 3 heterocycles. The van der Waals surface area contributed by atoms with E-state index in [0.717, 1.165) is 15.8 Å². The first-order valence-corrected chi connectivity index (χ1v) is 11.7. The van der Waals surface area contributed by atoms with Crippen molar-refractivity contribution in [1.29, 1.82) is 0 Å². The predicted molar refractivity (Wildman–Crippen MR) is 130 cm³/mol. The fourth-order valence-corrected chi connectivity index (χ4v) is 4.97. The lowest BCUT2D eigenvalue weighted by atomic mass is 9.96. The standard InChI is InChI=1S/C24H18BrN3O5S/c1-3-11-33-23(32)21-13(2)27-24(34-21)28-18(15-5-4-6-16(25)12-15)17(20(30)22(28)31)19(29)14-7-9-26-10-8-14/h3-10,12,18,29H,1,11H2,2H3/b19-17+. The van der Waals surface area contributed by atoms with Gasteiger partial charge in [-0.15, -0.1) is 0 Å². The number of anilines is 1. The number of esters is 1.